The standard InChI is InChI=1S/C15H14O3S.C8H11N/c16-14(17)11-19(18)15(12-7-3-1-4-8-12)13-9-5-2-6-10-13;1-7(9)8-5-3-2-4-6-8/h1-10,15H,11H2,(H,16,17);2-7H,9H2,1H3/t19-;/m1./s1. The fraction of sp³-hybridized carbons (Fsp3) is 0.174. The van der Waals surface area contributed by atoms with Crippen LogP contribution in [0.15, 0.2) is 91.0 Å². The molecule has 2 atom stereocenters. The van der Waals surface area contributed by atoms with Gasteiger partial charge in [0.05, 0.1) is 5.25 Å². The number of hydrogen-bond donors (Lipinski definition) is 2. The predicted octanol–water partition coefficient (Wildman–Crippen LogP) is 4.32. The number of carboxylic acid groups (broad SMARTS) is 1. The van der Waals surface area contributed by atoms with Gasteiger partial charge in [0.2, 0.25) is 0 Å². The molecule has 0 amide bonds. The third-order valence-corrected chi connectivity index (χ3v) is 5.66. The van der Waals surface area contributed by atoms with Gasteiger partial charge < -0.3 is 10.8 Å². The van der Waals surface area contributed by atoms with E-state index in [0.29, 0.717) is 0 Å². The summed E-state index contributed by atoms with van der Waals surface area (Å²) in [6, 6.07) is 28.9. The molecule has 4 nitrogen and oxygen atoms in total. The van der Waals surface area contributed by atoms with E-state index in [1.807, 2.05) is 97.9 Å². The van der Waals surface area contributed by atoms with E-state index in [0.717, 1.165) is 11.1 Å². The minimum absolute atomic E-state index is 0.159. The van der Waals surface area contributed by atoms with Crippen LogP contribution in [0.2, 0.25) is 0 Å². The van der Waals surface area contributed by atoms with Crippen LogP contribution >= 0.6 is 0 Å². The molecule has 0 fully saturated rings. The first kappa shape index (κ1) is 21.5. The molecule has 0 spiro atoms. The van der Waals surface area contributed by atoms with Crippen LogP contribution in [0.1, 0.15) is 34.9 Å². The molecule has 0 bridgehead atoms. The van der Waals surface area contributed by atoms with Gasteiger partial charge >= 0.3 is 5.97 Å². The normalized spacial score (nSPS) is 12.5. The highest BCUT2D eigenvalue weighted by molar-refractivity contribution is 7.86. The van der Waals surface area contributed by atoms with E-state index in [2.05, 4.69) is 0 Å². The quantitative estimate of drug-likeness (QED) is 0.651. The molecule has 1 unspecified atom stereocenters. The van der Waals surface area contributed by atoms with Gasteiger partial charge in [0.25, 0.3) is 0 Å². The monoisotopic (exact) mass is 395 g/mol. The van der Waals surface area contributed by atoms with Gasteiger partial charge in [0, 0.05) is 16.8 Å². The van der Waals surface area contributed by atoms with Crippen molar-refractivity contribution in [1.29, 1.82) is 0 Å². The van der Waals surface area contributed by atoms with E-state index in [1.165, 1.54) is 5.56 Å². The fourth-order valence-electron chi connectivity index (χ4n) is 2.71. The SMILES string of the molecule is CC(N)c1ccccc1.O=C(O)C[S@@](=O)C(c1ccccc1)c1ccccc1. The van der Waals surface area contributed by atoms with E-state index in [9.17, 15) is 9.00 Å². The minimum Gasteiger partial charge on any atom is -0.481 e. The summed E-state index contributed by atoms with van der Waals surface area (Å²) in [6.45, 7) is 1.98. The second kappa shape index (κ2) is 11.2. The van der Waals surface area contributed by atoms with Crippen molar-refractivity contribution in [3.8, 4) is 0 Å². The molecule has 0 saturated heterocycles. The Kier molecular flexibility index (Phi) is 8.59. The summed E-state index contributed by atoms with van der Waals surface area (Å²) in [7, 11) is -1.49. The van der Waals surface area contributed by atoms with Crippen molar-refractivity contribution in [2.24, 2.45) is 5.73 Å². The van der Waals surface area contributed by atoms with Crippen molar-refractivity contribution >= 4 is 16.8 Å². The summed E-state index contributed by atoms with van der Waals surface area (Å²) in [5, 5.41) is 8.43. The topological polar surface area (TPSA) is 80.4 Å². The Labute approximate surface area is 168 Å². The average Bonchev–Trinajstić information content (AvgIpc) is 2.70. The highest BCUT2D eigenvalue weighted by Crippen LogP contribution is 2.28. The molecule has 0 radical (unpaired) electrons. The van der Waals surface area contributed by atoms with Crippen LogP contribution in [0.3, 0.4) is 0 Å². The highest BCUT2D eigenvalue weighted by atomic mass is 32.2. The first-order valence-corrected chi connectivity index (χ1v) is 10.4. The molecule has 146 valence electrons. The van der Waals surface area contributed by atoms with Crippen molar-refractivity contribution in [2.75, 3.05) is 5.75 Å². The van der Waals surface area contributed by atoms with Gasteiger partial charge in [-0.3, -0.25) is 9.00 Å². The number of benzene rings is 3. The van der Waals surface area contributed by atoms with Crippen LogP contribution in [0.25, 0.3) is 0 Å². The Morgan fingerprint density at radius 1 is 0.821 bits per heavy atom. The zero-order chi connectivity index (χ0) is 20.4. The van der Waals surface area contributed by atoms with Crippen LogP contribution in [-0.2, 0) is 15.6 Å². The first-order valence-electron chi connectivity index (χ1n) is 8.98. The maximum atomic E-state index is 12.3. The van der Waals surface area contributed by atoms with Crippen molar-refractivity contribution in [1.82, 2.24) is 0 Å². The van der Waals surface area contributed by atoms with Crippen LogP contribution in [0.4, 0.5) is 0 Å². The van der Waals surface area contributed by atoms with E-state index in [1.54, 1.807) is 0 Å². The highest BCUT2D eigenvalue weighted by Gasteiger charge is 2.22. The Balaban J connectivity index is 0.000000261. The lowest BCUT2D eigenvalue weighted by Gasteiger charge is -2.16. The van der Waals surface area contributed by atoms with Crippen LogP contribution in [-0.4, -0.2) is 21.0 Å². The summed E-state index contributed by atoms with van der Waals surface area (Å²) in [5.41, 5.74) is 8.54. The number of carboxylic acids is 1. The van der Waals surface area contributed by atoms with Crippen LogP contribution < -0.4 is 5.73 Å². The Morgan fingerprint density at radius 2 is 1.18 bits per heavy atom. The molecule has 3 N–H and O–H groups in total. The number of carbonyl (C=O) groups is 1. The van der Waals surface area contributed by atoms with Gasteiger partial charge in [0.1, 0.15) is 5.75 Å². The molecule has 5 heteroatoms. The van der Waals surface area contributed by atoms with E-state index < -0.39 is 22.0 Å². The summed E-state index contributed by atoms with van der Waals surface area (Å²) < 4.78 is 12.3. The molecule has 0 saturated carbocycles. The maximum absolute atomic E-state index is 12.3. The molecule has 0 aromatic heterocycles. The molecule has 0 aliphatic heterocycles. The van der Waals surface area contributed by atoms with Gasteiger partial charge in [-0.2, -0.15) is 0 Å². The third-order valence-electron chi connectivity index (χ3n) is 4.06. The molecule has 3 aromatic rings. The van der Waals surface area contributed by atoms with Gasteiger partial charge in [-0.15, -0.1) is 0 Å². The average molecular weight is 396 g/mol. The zero-order valence-electron chi connectivity index (χ0n) is 15.8. The smallest absolute Gasteiger partial charge is 0.316 e. The third kappa shape index (κ3) is 6.76. The lowest BCUT2D eigenvalue weighted by molar-refractivity contribution is -0.133. The number of nitrogens with two attached hydrogens (primary N) is 1. The van der Waals surface area contributed by atoms with E-state index in [4.69, 9.17) is 10.8 Å². The van der Waals surface area contributed by atoms with Gasteiger partial charge in [-0.05, 0) is 23.6 Å². The lowest BCUT2D eigenvalue weighted by Crippen LogP contribution is -2.17. The largest absolute Gasteiger partial charge is 0.481 e. The second-order valence-corrected chi connectivity index (χ2v) is 7.84. The Hall–Kier alpha value is -2.76. The van der Waals surface area contributed by atoms with Crippen molar-refractivity contribution in [2.45, 2.75) is 18.2 Å². The van der Waals surface area contributed by atoms with Crippen LogP contribution in [0.5, 0.6) is 0 Å². The Morgan fingerprint density at radius 3 is 1.46 bits per heavy atom. The van der Waals surface area contributed by atoms with Gasteiger partial charge in [0.15, 0.2) is 0 Å². The summed E-state index contributed by atoms with van der Waals surface area (Å²) >= 11 is 0. The molecular weight excluding hydrogens is 370 g/mol. The molecule has 3 rings (SSSR count). The number of rotatable bonds is 6. The maximum Gasteiger partial charge on any atom is 0.316 e. The number of hydrogen-bond acceptors (Lipinski definition) is 3. The van der Waals surface area contributed by atoms with Crippen molar-refractivity contribution in [3.05, 3.63) is 108 Å². The lowest BCUT2D eigenvalue weighted by atomic mass is 10.0. The van der Waals surface area contributed by atoms with Crippen molar-refractivity contribution in [3.63, 3.8) is 0 Å². The van der Waals surface area contributed by atoms with E-state index in [-0.39, 0.29) is 11.8 Å². The molecular formula is C23H25NO3S. The number of aliphatic carboxylic acids is 1. The molecule has 0 heterocycles. The molecule has 0 aliphatic carbocycles. The minimum atomic E-state index is -1.49. The van der Waals surface area contributed by atoms with Gasteiger partial charge in [-0.1, -0.05) is 91.0 Å². The molecule has 0 aliphatic rings. The Bertz CT molecular complexity index is 829. The van der Waals surface area contributed by atoms with E-state index >= 15 is 0 Å². The van der Waals surface area contributed by atoms with Crippen molar-refractivity contribution < 1.29 is 14.1 Å². The molecule has 28 heavy (non-hydrogen) atoms. The first-order chi connectivity index (χ1) is 13.5. The van der Waals surface area contributed by atoms with Crippen LogP contribution in [0, 0.1) is 0 Å². The molecule has 3 aromatic carbocycles. The summed E-state index contributed by atoms with van der Waals surface area (Å²) in [5.74, 6) is -1.40. The zero-order valence-corrected chi connectivity index (χ0v) is 16.6. The predicted molar refractivity (Wildman–Crippen MR) is 114 cm³/mol. The van der Waals surface area contributed by atoms with Gasteiger partial charge in [-0.25, -0.2) is 0 Å². The summed E-state index contributed by atoms with van der Waals surface area (Å²) in [4.78, 5) is 10.8. The summed E-state index contributed by atoms with van der Waals surface area (Å²) in [6.07, 6.45) is 0. The fourth-order valence-corrected chi connectivity index (χ4v) is 4.04. The second-order valence-electron chi connectivity index (χ2n) is 6.32.